The predicted molar refractivity (Wildman–Crippen MR) is 128 cm³/mol. The number of rotatable bonds is 6. The third-order valence-electron chi connectivity index (χ3n) is 4.66. The van der Waals surface area contributed by atoms with Crippen molar-refractivity contribution in [2.24, 2.45) is 0 Å². The van der Waals surface area contributed by atoms with Crippen molar-refractivity contribution in [2.45, 2.75) is 32.4 Å². The van der Waals surface area contributed by atoms with Crippen LogP contribution in [0.25, 0.3) is 0 Å². The predicted octanol–water partition coefficient (Wildman–Crippen LogP) is 5.91. The van der Waals surface area contributed by atoms with Gasteiger partial charge in [0.2, 0.25) is 0 Å². The second-order valence-corrected chi connectivity index (χ2v) is 8.91. The summed E-state index contributed by atoms with van der Waals surface area (Å²) in [5.74, 6) is -1.97. The molecule has 3 rings (SSSR count). The zero-order chi connectivity index (χ0) is 24.9. The SMILES string of the molecule is CC(C)(C)OC(=O)N[C@H](C(=O)Nc1ccc(Cl)cc1C(=O)c1ccccc1F)c1ccccc1. The van der Waals surface area contributed by atoms with E-state index in [4.69, 9.17) is 16.3 Å². The Morgan fingerprint density at radius 1 is 0.912 bits per heavy atom. The summed E-state index contributed by atoms with van der Waals surface area (Å²) in [7, 11) is 0. The molecule has 8 heteroatoms. The minimum Gasteiger partial charge on any atom is -0.444 e. The molecule has 6 nitrogen and oxygen atoms in total. The molecule has 0 aliphatic carbocycles. The van der Waals surface area contributed by atoms with Crippen molar-refractivity contribution in [2.75, 3.05) is 5.32 Å². The molecule has 0 saturated heterocycles. The van der Waals surface area contributed by atoms with Gasteiger partial charge in [-0.2, -0.15) is 0 Å². The molecule has 3 aromatic rings. The van der Waals surface area contributed by atoms with Gasteiger partial charge in [-0.15, -0.1) is 0 Å². The molecule has 0 aliphatic rings. The molecule has 0 fully saturated rings. The summed E-state index contributed by atoms with van der Waals surface area (Å²) >= 11 is 6.08. The summed E-state index contributed by atoms with van der Waals surface area (Å²) in [5.41, 5.74) is -0.296. The molecule has 2 amide bonds. The molecule has 0 aromatic heterocycles. The molecular weight excluding hydrogens is 459 g/mol. The lowest BCUT2D eigenvalue weighted by atomic mass is 10.0. The van der Waals surface area contributed by atoms with Crippen LogP contribution in [0.3, 0.4) is 0 Å². The molecule has 0 heterocycles. The number of alkyl carbamates (subject to hydrolysis) is 1. The standard InChI is InChI=1S/C26H24ClFN2O4/c1-26(2,3)34-25(33)30-22(16-9-5-4-6-10-16)24(32)29-21-14-13-17(27)15-19(21)23(31)18-11-7-8-12-20(18)28/h4-15,22H,1-3H3,(H,29,32)(H,30,33)/t22-/m0/s1. The van der Waals surface area contributed by atoms with Crippen LogP contribution < -0.4 is 10.6 Å². The highest BCUT2D eigenvalue weighted by Crippen LogP contribution is 2.26. The van der Waals surface area contributed by atoms with Gasteiger partial charge in [-0.3, -0.25) is 9.59 Å². The van der Waals surface area contributed by atoms with E-state index in [1.807, 2.05) is 0 Å². The number of benzene rings is 3. The van der Waals surface area contributed by atoms with Crippen molar-refractivity contribution in [1.29, 1.82) is 0 Å². The lowest BCUT2D eigenvalue weighted by Gasteiger charge is -2.24. The van der Waals surface area contributed by atoms with Gasteiger partial charge in [0.05, 0.1) is 11.3 Å². The van der Waals surface area contributed by atoms with Gasteiger partial charge in [0.25, 0.3) is 5.91 Å². The van der Waals surface area contributed by atoms with Gasteiger partial charge in [0, 0.05) is 10.6 Å². The Morgan fingerprint density at radius 2 is 1.56 bits per heavy atom. The van der Waals surface area contributed by atoms with Crippen molar-refractivity contribution >= 4 is 35.1 Å². The minimum absolute atomic E-state index is 0.00929. The molecule has 1 atom stereocenters. The average molecular weight is 483 g/mol. The Hall–Kier alpha value is -3.71. The third-order valence-corrected chi connectivity index (χ3v) is 4.89. The van der Waals surface area contributed by atoms with Crippen LogP contribution in [-0.4, -0.2) is 23.4 Å². The molecule has 0 bridgehead atoms. The number of hydrogen-bond donors (Lipinski definition) is 2. The Morgan fingerprint density at radius 3 is 2.21 bits per heavy atom. The normalized spacial score (nSPS) is 11.9. The third kappa shape index (κ3) is 6.42. The second kappa shape index (κ2) is 10.5. The van der Waals surface area contributed by atoms with Crippen LogP contribution in [0, 0.1) is 5.82 Å². The number of nitrogens with one attached hydrogen (secondary N) is 2. The molecule has 0 aliphatic heterocycles. The first-order valence-electron chi connectivity index (χ1n) is 10.5. The van der Waals surface area contributed by atoms with E-state index in [-0.39, 0.29) is 21.8 Å². The maximum Gasteiger partial charge on any atom is 0.408 e. The molecule has 0 spiro atoms. The number of halogens is 2. The highest BCUT2D eigenvalue weighted by molar-refractivity contribution is 6.31. The van der Waals surface area contributed by atoms with Gasteiger partial charge >= 0.3 is 6.09 Å². The van der Waals surface area contributed by atoms with E-state index in [2.05, 4.69) is 10.6 Å². The van der Waals surface area contributed by atoms with Crippen molar-refractivity contribution in [1.82, 2.24) is 5.32 Å². The summed E-state index contributed by atoms with van der Waals surface area (Å²) < 4.78 is 19.5. The number of carbonyl (C=O) groups is 3. The Labute approximate surface area is 202 Å². The average Bonchev–Trinajstić information content (AvgIpc) is 2.78. The van der Waals surface area contributed by atoms with Crippen molar-refractivity contribution in [3.05, 3.63) is 100 Å². The molecular formula is C26H24ClFN2O4. The van der Waals surface area contributed by atoms with Crippen LogP contribution in [0.2, 0.25) is 5.02 Å². The van der Waals surface area contributed by atoms with E-state index in [0.717, 1.165) is 0 Å². The van der Waals surface area contributed by atoms with Gasteiger partial charge in [0.1, 0.15) is 17.5 Å². The van der Waals surface area contributed by atoms with E-state index in [9.17, 15) is 18.8 Å². The Bertz CT molecular complexity index is 1210. The van der Waals surface area contributed by atoms with Crippen LogP contribution in [0.4, 0.5) is 14.9 Å². The fourth-order valence-electron chi connectivity index (χ4n) is 3.18. The lowest BCUT2D eigenvalue weighted by Crippen LogP contribution is -2.40. The zero-order valence-corrected chi connectivity index (χ0v) is 19.7. The first-order valence-corrected chi connectivity index (χ1v) is 10.9. The van der Waals surface area contributed by atoms with E-state index in [1.54, 1.807) is 51.1 Å². The summed E-state index contributed by atoms with van der Waals surface area (Å²) in [4.78, 5) is 38.7. The molecule has 34 heavy (non-hydrogen) atoms. The van der Waals surface area contributed by atoms with Gasteiger partial charge in [-0.1, -0.05) is 54.1 Å². The van der Waals surface area contributed by atoms with Crippen LogP contribution in [0.5, 0.6) is 0 Å². The van der Waals surface area contributed by atoms with Gasteiger partial charge in [0.15, 0.2) is 5.78 Å². The number of anilines is 1. The summed E-state index contributed by atoms with van der Waals surface area (Å²) in [6.07, 6.45) is -0.782. The smallest absolute Gasteiger partial charge is 0.408 e. The van der Waals surface area contributed by atoms with Crippen LogP contribution >= 0.6 is 11.6 Å². The molecule has 3 aromatic carbocycles. The number of ketones is 1. The number of carbonyl (C=O) groups excluding carboxylic acids is 3. The number of ether oxygens (including phenoxy) is 1. The van der Waals surface area contributed by atoms with Gasteiger partial charge < -0.3 is 15.4 Å². The van der Waals surface area contributed by atoms with E-state index >= 15 is 0 Å². The van der Waals surface area contributed by atoms with E-state index < -0.39 is 35.2 Å². The van der Waals surface area contributed by atoms with Crippen molar-refractivity contribution in [3.8, 4) is 0 Å². The maximum absolute atomic E-state index is 14.2. The minimum atomic E-state index is -1.12. The first-order chi connectivity index (χ1) is 16.0. The fraction of sp³-hybridized carbons (Fsp3) is 0.192. The van der Waals surface area contributed by atoms with Crippen molar-refractivity contribution in [3.63, 3.8) is 0 Å². The maximum atomic E-state index is 14.2. The summed E-state index contributed by atoms with van der Waals surface area (Å²) in [6.45, 7) is 5.12. The first kappa shape index (κ1) is 24.9. The lowest BCUT2D eigenvalue weighted by molar-refractivity contribution is -0.118. The van der Waals surface area contributed by atoms with E-state index in [0.29, 0.717) is 5.56 Å². The Kier molecular flexibility index (Phi) is 7.68. The van der Waals surface area contributed by atoms with Gasteiger partial charge in [-0.05, 0) is 56.7 Å². The monoisotopic (exact) mass is 482 g/mol. The van der Waals surface area contributed by atoms with Crippen molar-refractivity contribution < 1.29 is 23.5 Å². The van der Waals surface area contributed by atoms with Crippen LogP contribution in [0.15, 0.2) is 72.8 Å². The van der Waals surface area contributed by atoms with Gasteiger partial charge in [-0.25, -0.2) is 9.18 Å². The Balaban J connectivity index is 1.93. The molecule has 2 N–H and O–H groups in total. The molecule has 0 unspecified atom stereocenters. The summed E-state index contributed by atoms with van der Waals surface area (Å²) in [5, 5.41) is 5.47. The highest BCUT2D eigenvalue weighted by Gasteiger charge is 2.27. The topological polar surface area (TPSA) is 84.5 Å². The fourth-order valence-corrected chi connectivity index (χ4v) is 3.35. The molecule has 0 saturated carbocycles. The second-order valence-electron chi connectivity index (χ2n) is 8.48. The molecule has 176 valence electrons. The number of amides is 2. The van der Waals surface area contributed by atoms with Crippen LogP contribution in [0.1, 0.15) is 48.3 Å². The summed E-state index contributed by atoms with van der Waals surface area (Å²) in [6, 6.07) is 17.3. The quantitative estimate of drug-likeness (QED) is 0.427. The number of hydrogen-bond acceptors (Lipinski definition) is 4. The zero-order valence-electron chi connectivity index (χ0n) is 18.9. The largest absolute Gasteiger partial charge is 0.444 e. The molecule has 0 radical (unpaired) electrons. The van der Waals surface area contributed by atoms with E-state index in [1.165, 1.54) is 42.5 Å². The van der Waals surface area contributed by atoms with Crippen LogP contribution in [-0.2, 0) is 9.53 Å². The highest BCUT2D eigenvalue weighted by atomic mass is 35.5.